The molecule has 1 aromatic rings. The number of nitrogens with zero attached hydrogens (tertiary/aromatic N) is 2. The molecule has 6 nitrogen and oxygen atoms in total. The summed E-state index contributed by atoms with van der Waals surface area (Å²) < 4.78 is 89.5. The second-order valence-electron chi connectivity index (χ2n) is 6.99. The van der Waals surface area contributed by atoms with Crippen LogP contribution in [0.15, 0.2) is 12.3 Å². The van der Waals surface area contributed by atoms with E-state index in [2.05, 4.69) is 4.98 Å². The molecular weight excluding hydrogens is 420 g/mol. The maximum absolute atomic E-state index is 13.1. The number of pyridine rings is 1. The third-order valence-corrected chi connectivity index (χ3v) is 4.74. The summed E-state index contributed by atoms with van der Waals surface area (Å²) in [6.45, 7) is 4.52. The average Bonchev–Trinajstić information content (AvgIpc) is 2.65. The quantitative estimate of drug-likeness (QED) is 0.650. The molecule has 12 heteroatoms. The number of carbonyl (C=O) groups is 1. The maximum Gasteiger partial charge on any atom is 0.411 e. The van der Waals surface area contributed by atoms with Crippen LogP contribution in [0.2, 0.25) is 0 Å². The molecule has 1 aliphatic heterocycles. The number of nitrogens with one attached hydrogen (secondary N) is 1. The first kappa shape index (κ1) is 24.2. The van der Waals surface area contributed by atoms with E-state index < -0.39 is 29.5 Å². The standard InChI is InChI=1S/C18H23F6N3O3/c1-3-6-30-13-10-25-14(9-12(13)11-27-4-7-29-8-5-27)26-15(28)16(2,17(19,20)21)18(22,23)24/h9-10H,3-8,11H2,1-2H3,(H,25,26,28). The van der Waals surface area contributed by atoms with E-state index in [1.54, 1.807) is 5.32 Å². The predicted molar refractivity (Wildman–Crippen MR) is 95.0 cm³/mol. The molecule has 0 saturated carbocycles. The van der Waals surface area contributed by atoms with E-state index in [-0.39, 0.29) is 6.92 Å². The zero-order chi connectivity index (χ0) is 22.6. The first-order valence-corrected chi connectivity index (χ1v) is 9.27. The van der Waals surface area contributed by atoms with Crippen LogP contribution in [0.5, 0.6) is 5.75 Å². The normalized spacial score (nSPS) is 16.4. The Labute approximate surface area is 169 Å². The van der Waals surface area contributed by atoms with Gasteiger partial charge in [0.2, 0.25) is 11.3 Å². The van der Waals surface area contributed by atoms with Gasteiger partial charge in [-0.3, -0.25) is 9.69 Å². The molecule has 1 saturated heterocycles. The molecule has 2 heterocycles. The summed E-state index contributed by atoms with van der Waals surface area (Å²) in [7, 11) is 0. The summed E-state index contributed by atoms with van der Waals surface area (Å²) in [5.41, 5.74) is -4.10. The van der Waals surface area contributed by atoms with E-state index in [1.165, 1.54) is 12.3 Å². The third-order valence-electron chi connectivity index (χ3n) is 4.74. The van der Waals surface area contributed by atoms with Gasteiger partial charge in [0, 0.05) is 25.2 Å². The Kier molecular flexibility index (Phi) is 7.56. The zero-order valence-electron chi connectivity index (χ0n) is 16.5. The van der Waals surface area contributed by atoms with Gasteiger partial charge in [-0.25, -0.2) is 4.98 Å². The number of morpholine rings is 1. The molecule has 0 unspecified atom stereocenters. The van der Waals surface area contributed by atoms with E-state index in [0.717, 1.165) is 0 Å². The molecule has 1 N–H and O–H groups in total. The van der Waals surface area contributed by atoms with Gasteiger partial charge in [0.1, 0.15) is 11.6 Å². The minimum absolute atomic E-state index is 0.199. The summed E-state index contributed by atoms with van der Waals surface area (Å²) in [6, 6.07) is 1.23. The second kappa shape index (κ2) is 9.38. The van der Waals surface area contributed by atoms with Crippen molar-refractivity contribution in [3.05, 3.63) is 17.8 Å². The monoisotopic (exact) mass is 443 g/mol. The van der Waals surface area contributed by atoms with Crippen LogP contribution in [-0.4, -0.2) is 61.1 Å². The summed E-state index contributed by atoms with van der Waals surface area (Å²) in [5.74, 6) is -2.34. The van der Waals surface area contributed by atoms with Crippen molar-refractivity contribution in [3.63, 3.8) is 0 Å². The topological polar surface area (TPSA) is 63.7 Å². The van der Waals surface area contributed by atoms with Crippen molar-refractivity contribution in [2.45, 2.75) is 39.2 Å². The van der Waals surface area contributed by atoms with Gasteiger partial charge in [-0.05, 0) is 19.4 Å². The van der Waals surface area contributed by atoms with Gasteiger partial charge in [0.25, 0.3) is 0 Å². The highest BCUT2D eigenvalue weighted by molar-refractivity contribution is 5.95. The molecule has 2 rings (SSSR count). The van der Waals surface area contributed by atoms with Gasteiger partial charge < -0.3 is 14.8 Å². The Morgan fingerprint density at radius 1 is 1.20 bits per heavy atom. The Bertz CT molecular complexity index is 719. The van der Waals surface area contributed by atoms with Crippen molar-refractivity contribution >= 4 is 11.7 Å². The Morgan fingerprint density at radius 3 is 2.33 bits per heavy atom. The fraction of sp³-hybridized carbons (Fsp3) is 0.667. The molecule has 0 bridgehead atoms. The van der Waals surface area contributed by atoms with E-state index >= 15 is 0 Å². The van der Waals surface area contributed by atoms with Gasteiger partial charge in [0.15, 0.2) is 0 Å². The van der Waals surface area contributed by atoms with Crippen molar-refractivity contribution in [1.82, 2.24) is 9.88 Å². The van der Waals surface area contributed by atoms with E-state index in [0.29, 0.717) is 57.2 Å². The van der Waals surface area contributed by atoms with Crippen LogP contribution >= 0.6 is 0 Å². The molecule has 0 spiro atoms. The van der Waals surface area contributed by atoms with Crippen LogP contribution in [-0.2, 0) is 16.1 Å². The van der Waals surface area contributed by atoms with Crippen molar-refractivity contribution in [2.75, 3.05) is 38.2 Å². The predicted octanol–water partition coefficient (Wildman–Crippen LogP) is 3.77. The molecule has 1 fully saturated rings. The number of amides is 1. The number of rotatable bonds is 7. The lowest BCUT2D eigenvalue weighted by Crippen LogP contribution is -2.55. The summed E-state index contributed by atoms with van der Waals surface area (Å²) >= 11 is 0. The summed E-state index contributed by atoms with van der Waals surface area (Å²) in [5, 5.41) is 1.67. The maximum atomic E-state index is 13.1. The molecule has 0 radical (unpaired) electrons. The minimum Gasteiger partial charge on any atom is -0.492 e. The summed E-state index contributed by atoms with van der Waals surface area (Å²) in [6.07, 6.45) is -9.81. The number of aromatic nitrogens is 1. The first-order valence-electron chi connectivity index (χ1n) is 9.27. The molecule has 30 heavy (non-hydrogen) atoms. The Morgan fingerprint density at radius 2 is 1.80 bits per heavy atom. The van der Waals surface area contributed by atoms with Gasteiger partial charge >= 0.3 is 12.4 Å². The number of anilines is 1. The molecule has 170 valence electrons. The van der Waals surface area contributed by atoms with Gasteiger partial charge in [-0.2, -0.15) is 26.3 Å². The van der Waals surface area contributed by atoms with E-state index in [1.807, 2.05) is 11.8 Å². The van der Waals surface area contributed by atoms with Gasteiger partial charge in [-0.15, -0.1) is 0 Å². The van der Waals surface area contributed by atoms with E-state index in [9.17, 15) is 31.1 Å². The average molecular weight is 443 g/mol. The lowest BCUT2D eigenvalue weighted by molar-refractivity contribution is -0.317. The van der Waals surface area contributed by atoms with Crippen LogP contribution < -0.4 is 10.1 Å². The van der Waals surface area contributed by atoms with Gasteiger partial charge in [0.05, 0.1) is 26.0 Å². The van der Waals surface area contributed by atoms with Crippen LogP contribution in [0.25, 0.3) is 0 Å². The largest absolute Gasteiger partial charge is 0.492 e. The number of hydrogen-bond donors (Lipinski definition) is 1. The molecule has 0 aromatic carbocycles. The fourth-order valence-corrected chi connectivity index (χ4v) is 2.68. The molecule has 0 aliphatic carbocycles. The second-order valence-corrected chi connectivity index (χ2v) is 6.99. The molecule has 0 atom stereocenters. The SMILES string of the molecule is CCCOc1cnc(NC(=O)C(C)(C(F)(F)F)C(F)(F)F)cc1CN1CCOCC1. The van der Waals surface area contributed by atoms with E-state index in [4.69, 9.17) is 9.47 Å². The van der Waals surface area contributed by atoms with Crippen molar-refractivity contribution in [1.29, 1.82) is 0 Å². The number of halogens is 6. The lowest BCUT2D eigenvalue weighted by Gasteiger charge is -2.32. The number of alkyl halides is 6. The fourth-order valence-electron chi connectivity index (χ4n) is 2.68. The molecule has 1 amide bonds. The smallest absolute Gasteiger partial charge is 0.411 e. The van der Waals surface area contributed by atoms with Crippen molar-refractivity contribution in [3.8, 4) is 5.75 Å². The van der Waals surface area contributed by atoms with Crippen molar-refractivity contribution in [2.24, 2.45) is 5.41 Å². The highest BCUT2D eigenvalue weighted by Crippen LogP contribution is 2.50. The van der Waals surface area contributed by atoms with Crippen molar-refractivity contribution < 1.29 is 40.6 Å². The number of hydrogen-bond acceptors (Lipinski definition) is 5. The van der Waals surface area contributed by atoms with Crippen LogP contribution in [0, 0.1) is 5.41 Å². The number of ether oxygens (including phenoxy) is 2. The molecule has 1 aromatic heterocycles. The van der Waals surface area contributed by atoms with Crippen LogP contribution in [0.3, 0.4) is 0 Å². The molecule has 1 aliphatic rings. The Balaban J connectivity index is 2.29. The summed E-state index contributed by atoms with van der Waals surface area (Å²) in [4.78, 5) is 17.8. The minimum atomic E-state index is -5.84. The van der Waals surface area contributed by atoms with Gasteiger partial charge in [-0.1, -0.05) is 6.92 Å². The zero-order valence-corrected chi connectivity index (χ0v) is 16.5. The third kappa shape index (κ3) is 5.34. The van der Waals surface area contributed by atoms with Crippen LogP contribution in [0.4, 0.5) is 32.2 Å². The number of carbonyl (C=O) groups excluding carboxylic acids is 1. The highest BCUT2D eigenvalue weighted by Gasteiger charge is 2.72. The Hall–Kier alpha value is -2.08. The lowest BCUT2D eigenvalue weighted by atomic mass is 9.87. The van der Waals surface area contributed by atoms with Crippen LogP contribution in [0.1, 0.15) is 25.8 Å². The highest BCUT2D eigenvalue weighted by atomic mass is 19.4. The first-order chi connectivity index (χ1) is 13.9. The molecular formula is C18H23F6N3O3.